The molecule has 19 heavy (non-hydrogen) atoms. The van der Waals surface area contributed by atoms with Crippen LogP contribution in [0.4, 0.5) is 0 Å². The molecule has 0 saturated heterocycles. The summed E-state index contributed by atoms with van der Waals surface area (Å²) < 4.78 is 5.49. The summed E-state index contributed by atoms with van der Waals surface area (Å²) in [6, 6.07) is 6.54. The summed E-state index contributed by atoms with van der Waals surface area (Å²) in [6.07, 6.45) is 0.985. The van der Waals surface area contributed by atoms with E-state index in [-0.39, 0.29) is 0 Å². The molecule has 1 aromatic carbocycles. The van der Waals surface area contributed by atoms with Crippen LogP contribution in [0.15, 0.2) is 18.2 Å². The average molecular weight is 264 g/mol. The number of methoxy groups -OCH3 is 1. The van der Waals surface area contributed by atoms with Crippen LogP contribution in [-0.2, 0) is 6.42 Å². The number of benzene rings is 1. The van der Waals surface area contributed by atoms with Gasteiger partial charge in [0.2, 0.25) is 0 Å². The van der Waals surface area contributed by atoms with Gasteiger partial charge in [0.15, 0.2) is 0 Å². The van der Waals surface area contributed by atoms with Crippen molar-refractivity contribution >= 4 is 0 Å². The smallest absolute Gasteiger partial charge is 0.122 e. The van der Waals surface area contributed by atoms with Crippen molar-refractivity contribution in [2.45, 2.75) is 33.1 Å². The van der Waals surface area contributed by atoms with Crippen molar-refractivity contribution in [3.05, 3.63) is 29.3 Å². The normalized spacial score (nSPS) is 12.7. The molecule has 0 aliphatic carbocycles. The van der Waals surface area contributed by atoms with E-state index in [2.05, 4.69) is 44.3 Å². The molecule has 1 aromatic rings. The first-order chi connectivity index (χ1) is 9.08. The third-order valence-electron chi connectivity index (χ3n) is 3.44. The molecule has 108 valence electrons. The van der Waals surface area contributed by atoms with Crippen LogP contribution in [0.2, 0.25) is 0 Å². The molecule has 3 N–H and O–H groups in total. The van der Waals surface area contributed by atoms with Crippen LogP contribution in [0.25, 0.3) is 0 Å². The van der Waals surface area contributed by atoms with Gasteiger partial charge >= 0.3 is 0 Å². The van der Waals surface area contributed by atoms with Gasteiger partial charge in [-0.05, 0) is 55.1 Å². The van der Waals surface area contributed by atoms with Crippen molar-refractivity contribution in [3.8, 4) is 5.75 Å². The molecule has 0 heterocycles. The van der Waals surface area contributed by atoms with Gasteiger partial charge in [0.1, 0.15) is 5.75 Å². The highest BCUT2D eigenvalue weighted by Gasteiger charge is 2.07. The molecule has 0 bridgehead atoms. The summed E-state index contributed by atoms with van der Waals surface area (Å²) in [4.78, 5) is 0. The quantitative estimate of drug-likeness (QED) is 0.709. The second-order valence-electron chi connectivity index (χ2n) is 5.52. The van der Waals surface area contributed by atoms with Gasteiger partial charge in [-0.2, -0.15) is 0 Å². The van der Waals surface area contributed by atoms with Crippen LogP contribution in [0.3, 0.4) is 0 Å². The van der Waals surface area contributed by atoms with E-state index >= 15 is 0 Å². The minimum absolute atomic E-state index is 0.533. The Morgan fingerprint density at radius 2 is 2.00 bits per heavy atom. The second-order valence-corrected chi connectivity index (χ2v) is 5.52. The third-order valence-corrected chi connectivity index (χ3v) is 3.44. The number of nitrogens with one attached hydrogen (secondary N) is 1. The first-order valence-corrected chi connectivity index (χ1v) is 7.16. The highest BCUT2D eigenvalue weighted by molar-refractivity contribution is 5.38. The predicted octanol–water partition coefficient (Wildman–Crippen LogP) is 2.55. The maximum absolute atomic E-state index is 5.60. The summed E-state index contributed by atoms with van der Waals surface area (Å²) in [6.45, 7) is 9.23. The van der Waals surface area contributed by atoms with Crippen LogP contribution in [0, 0.1) is 5.92 Å². The number of rotatable bonds is 8. The molecule has 0 aromatic heterocycles. The lowest BCUT2D eigenvalue weighted by molar-refractivity contribution is 0.408. The Balaban J connectivity index is 2.53. The van der Waals surface area contributed by atoms with Crippen LogP contribution < -0.4 is 15.8 Å². The fourth-order valence-electron chi connectivity index (χ4n) is 1.98. The zero-order valence-electron chi connectivity index (χ0n) is 12.7. The fourth-order valence-corrected chi connectivity index (χ4v) is 1.98. The Hall–Kier alpha value is -1.06. The molecular formula is C16H28N2O. The zero-order valence-corrected chi connectivity index (χ0v) is 12.7. The van der Waals surface area contributed by atoms with Gasteiger partial charge in [0, 0.05) is 0 Å². The largest absolute Gasteiger partial charge is 0.496 e. The molecule has 1 atom stereocenters. The predicted molar refractivity (Wildman–Crippen MR) is 81.9 cm³/mol. The Bertz CT molecular complexity index is 377. The van der Waals surface area contributed by atoms with Crippen molar-refractivity contribution in [3.63, 3.8) is 0 Å². The number of hydrogen-bond donors (Lipinski definition) is 2. The van der Waals surface area contributed by atoms with E-state index in [1.54, 1.807) is 7.11 Å². The van der Waals surface area contributed by atoms with E-state index in [9.17, 15) is 0 Å². The van der Waals surface area contributed by atoms with Crippen LogP contribution >= 0.6 is 0 Å². The van der Waals surface area contributed by atoms with Crippen molar-refractivity contribution in [2.75, 3.05) is 26.7 Å². The van der Waals surface area contributed by atoms with E-state index in [0.717, 1.165) is 31.8 Å². The summed E-state index contributed by atoms with van der Waals surface area (Å²) in [7, 11) is 1.74. The van der Waals surface area contributed by atoms with Gasteiger partial charge in [-0.1, -0.05) is 32.9 Å². The van der Waals surface area contributed by atoms with E-state index in [4.69, 9.17) is 10.5 Å². The Kier molecular flexibility index (Phi) is 6.89. The molecule has 3 heteroatoms. The monoisotopic (exact) mass is 264 g/mol. The van der Waals surface area contributed by atoms with Crippen molar-refractivity contribution in [1.82, 2.24) is 5.32 Å². The SMILES string of the molecule is COc1cc(C(C)C)ccc1CCNCC(C)CN. The van der Waals surface area contributed by atoms with Gasteiger partial charge in [-0.15, -0.1) is 0 Å². The molecule has 0 fully saturated rings. The first-order valence-electron chi connectivity index (χ1n) is 7.16. The minimum Gasteiger partial charge on any atom is -0.496 e. The highest BCUT2D eigenvalue weighted by Crippen LogP contribution is 2.24. The van der Waals surface area contributed by atoms with Crippen LogP contribution in [0.5, 0.6) is 5.75 Å². The molecule has 0 saturated carbocycles. The van der Waals surface area contributed by atoms with Gasteiger partial charge in [-0.25, -0.2) is 0 Å². The van der Waals surface area contributed by atoms with Gasteiger partial charge in [0.25, 0.3) is 0 Å². The minimum atomic E-state index is 0.533. The van der Waals surface area contributed by atoms with Crippen LogP contribution in [0.1, 0.15) is 37.8 Å². The van der Waals surface area contributed by atoms with Gasteiger partial charge in [-0.3, -0.25) is 0 Å². The number of ether oxygens (including phenoxy) is 1. The third kappa shape index (κ3) is 5.21. The molecule has 0 spiro atoms. The molecule has 0 radical (unpaired) electrons. The lowest BCUT2D eigenvalue weighted by Gasteiger charge is -2.14. The standard InChI is InChI=1S/C16H28N2O/c1-12(2)15-6-5-14(16(9-15)19-4)7-8-18-11-13(3)10-17/h5-6,9,12-13,18H,7-8,10-11,17H2,1-4H3. The lowest BCUT2D eigenvalue weighted by atomic mass is 10.00. The maximum atomic E-state index is 5.60. The molecular weight excluding hydrogens is 236 g/mol. The zero-order chi connectivity index (χ0) is 14.3. The molecule has 0 aliphatic rings. The second kappa shape index (κ2) is 8.18. The van der Waals surface area contributed by atoms with Gasteiger partial charge < -0.3 is 15.8 Å². The molecule has 3 nitrogen and oxygen atoms in total. The molecule has 1 rings (SSSR count). The van der Waals surface area contributed by atoms with E-state index in [1.807, 2.05) is 0 Å². The average Bonchev–Trinajstić information content (AvgIpc) is 2.42. The molecule has 1 unspecified atom stereocenters. The Morgan fingerprint density at radius 3 is 2.58 bits per heavy atom. The van der Waals surface area contributed by atoms with E-state index < -0.39 is 0 Å². The van der Waals surface area contributed by atoms with Gasteiger partial charge in [0.05, 0.1) is 7.11 Å². The van der Waals surface area contributed by atoms with Crippen molar-refractivity contribution < 1.29 is 4.74 Å². The molecule has 0 amide bonds. The summed E-state index contributed by atoms with van der Waals surface area (Å²) in [5.74, 6) is 2.07. The van der Waals surface area contributed by atoms with E-state index in [1.165, 1.54) is 11.1 Å². The molecule has 0 aliphatic heterocycles. The summed E-state index contributed by atoms with van der Waals surface area (Å²) in [5.41, 5.74) is 8.18. The summed E-state index contributed by atoms with van der Waals surface area (Å²) >= 11 is 0. The topological polar surface area (TPSA) is 47.3 Å². The Labute approximate surface area is 117 Å². The number of hydrogen-bond acceptors (Lipinski definition) is 3. The lowest BCUT2D eigenvalue weighted by Crippen LogP contribution is -2.27. The number of nitrogens with two attached hydrogens (primary N) is 1. The van der Waals surface area contributed by atoms with Crippen molar-refractivity contribution in [1.29, 1.82) is 0 Å². The van der Waals surface area contributed by atoms with Crippen LogP contribution in [-0.4, -0.2) is 26.7 Å². The van der Waals surface area contributed by atoms with E-state index in [0.29, 0.717) is 11.8 Å². The Morgan fingerprint density at radius 1 is 1.26 bits per heavy atom. The first kappa shape index (κ1) is 16.0. The summed E-state index contributed by atoms with van der Waals surface area (Å²) in [5, 5.41) is 3.44. The van der Waals surface area contributed by atoms with Crippen molar-refractivity contribution in [2.24, 2.45) is 11.7 Å². The maximum Gasteiger partial charge on any atom is 0.122 e. The highest BCUT2D eigenvalue weighted by atomic mass is 16.5. The fraction of sp³-hybridized carbons (Fsp3) is 0.625.